The van der Waals surface area contributed by atoms with Gasteiger partial charge in [0.1, 0.15) is 0 Å². The second kappa shape index (κ2) is 4.64. The van der Waals surface area contributed by atoms with Crippen molar-refractivity contribution in [3.63, 3.8) is 0 Å². The van der Waals surface area contributed by atoms with E-state index in [0.29, 0.717) is 5.02 Å². The Labute approximate surface area is 84.4 Å². The van der Waals surface area contributed by atoms with Crippen molar-refractivity contribution < 1.29 is 5.11 Å². The lowest BCUT2D eigenvalue weighted by molar-refractivity contribution is 0.166. The Morgan fingerprint density at radius 1 is 1.46 bits per heavy atom. The number of aliphatic hydroxyl groups is 1. The molecular weight excluding hydrogens is 184 g/mol. The van der Waals surface area contributed by atoms with Crippen molar-refractivity contribution in [2.24, 2.45) is 0 Å². The van der Waals surface area contributed by atoms with Gasteiger partial charge in [-0.2, -0.15) is 0 Å². The summed E-state index contributed by atoms with van der Waals surface area (Å²) in [5.41, 5.74) is 1.87. The fourth-order valence-corrected chi connectivity index (χ4v) is 1.61. The van der Waals surface area contributed by atoms with E-state index in [2.05, 4.69) is 0 Å². The minimum atomic E-state index is -0.419. The molecule has 1 rings (SSSR count). The number of aliphatic hydroxyl groups excluding tert-OH is 1. The molecule has 0 aliphatic carbocycles. The van der Waals surface area contributed by atoms with Gasteiger partial charge in [-0.05, 0) is 24.5 Å². The van der Waals surface area contributed by atoms with Crippen LogP contribution in [0.3, 0.4) is 0 Å². The number of benzene rings is 1. The van der Waals surface area contributed by atoms with Crippen LogP contribution < -0.4 is 0 Å². The second-order valence-corrected chi connectivity index (χ2v) is 3.66. The van der Waals surface area contributed by atoms with E-state index in [1.807, 2.05) is 32.0 Å². The van der Waals surface area contributed by atoms with Crippen molar-refractivity contribution in [3.05, 3.63) is 34.3 Å². The summed E-state index contributed by atoms with van der Waals surface area (Å²) in [6.45, 7) is 4.00. The summed E-state index contributed by atoms with van der Waals surface area (Å²) in [6.07, 6.45) is 1.31. The topological polar surface area (TPSA) is 20.2 Å². The van der Waals surface area contributed by atoms with Crippen molar-refractivity contribution >= 4 is 11.6 Å². The average Bonchev–Trinajstić information content (AvgIpc) is 2.10. The highest BCUT2D eigenvalue weighted by Crippen LogP contribution is 2.28. The highest BCUT2D eigenvalue weighted by molar-refractivity contribution is 6.32. The zero-order valence-electron chi connectivity index (χ0n) is 8.05. The Morgan fingerprint density at radius 2 is 2.15 bits per heavy atom. The van der Waals surface area contributed by atoms with E-state index in [4.69, 9.17) is 11.6 Å². The number of aryl methyl sites for hydroxylation is 1. The van der Waals surface area contributed by atoms with Crippen molar-refractivity contribution in [2.75, 3.05) is 0 Å². The largest absolute Gasteiger partial charge is 0.388 e. The van der Waals surface area contributed by atoms with Crippen LogP contribution in [-0.2, 0) is 0 Å². The van der Waals surface area contributed by atoms with Gasteiger partial charge in [0.2, 0.25) is 0 Å². The molecule has 1 N–H and O–H groups in total. The lowest BCUT2D eigenvalue weighted by Crippen LogP contribution is -1.98. The molecule has 0 spiro atoms. The highest BCUT2D eigenvalue weighted by Gasteiger charge is 2.10. The van der Waals surface area contributed by atoms with Crippen LogP contribution in [0.4, 0.5) is 0 Å². The number of rotatable bonds is 3. The summed E-state index contributed by atoms with van der Waals surface area (Å²) in [5, 5.41) is 10.4. The van der Waals surface area contributed by atoms with Crippen molar-refractivity contribution in [1.29, 1.82) is 0 Å². The van der Waals surface area contributed by atoms with Crippen LogP contribution in [0.15, 0.2) is 18.2 Å². The predicted molar refractivity (Wildman–Crippen MR) is 56.1 cm³/mol. The first kappa shape index (κ1) is 10.6. The van der Waals surface area contributed by atoms with E-state index in [9.17, 15) is 5.11 Å². The van der Waals surface area contributed by atoms with Gasteiger partial charge in [-0.25, -0.2) is 0 Å². The standard InChI is InChI=1S/C11H15ClO/c1-3-5-10(13)9-7-4-6-8(2)11(9)12/h4,6-7,10,13H,3,5H2,1-2H3. The summed E-state index contributed by atoms with van der Waals surface area (Å²) >= 11 is 6.06. The van der Waals surface area contributed by atoms with Gasteiger partial charge in [0.15, 0.2) is 0 Å². The molecule has 1 unspecified atom stereocenters. The van der Waals surface area contributed by atoms with Crippen LogP contribution in [-0.4, -0.2) is 5.11 Å². The Kier molecular flexibility index (Phi) is 3.76. The molecule has 0 saturated heterocycles. The van der Waals surface area contributed by atoms with Crippen molar-refractivity contribution in [3.8, 4) is 0 Å². The maximum atomic E-state index is 9.74. The van der Waals surface area contributed by atoms with Crippen LogP contribution in [0.2, 0.25) is 5.02 Å². The van der Waals surface area contributed by atoms with Gasteiger partial charge in [-0.1, -0.05) is 43.1 Å². The van der Waals surface area contributed by atoms with E-state index >= 15 is 0 Å². The van der Waals surface area contributed by atoms with Gasteiger partial charge in [-0.15, -0.1) is 0 Å². The van der Waals surface area contributed by atoms with Crippen LogP contribution in [0.25, 0.3) is 0 Å². The minimum Gasteiger partial charge on any atom is -0.388 e. The van der Waals surface area contributed by atoms with E-state index in [1.165, 1.54) is 0 Å². The molecule has 0 aromatic heterocycles. The summed E-state index contributed by atoms with van der Waals surface area (Å²) < 4.78 is 0. The monoisotopic (exact) mass is 198 g/mol. The molecule has 2 heteroatoms. The van der Waals surface area contributed by atoms with Gasteiger partial charge in [0, 0.05) is 5.02 Å². The molecule has 0 fully saturated rings. The van der Waals surface area contributed by atoms with E-state index in [1.54, 1.807) is 0 Å². The van der Waals surface area contributed by atoms with Gasteiger partial charge in [-0.3, -0.25) is 0 Å². The first-order valence-electron chi connectivity index (χ1n) is 4.60. The zero-order valence-corrected chi connectivity index (χ0v) is 8.80. The molecule has 1 aromatic carbocycles. The van der Waals surface area contributed by atoms with Crippen LogP contribution in [0.1, 0.15) is 37.0 Å². The first-order valence-corrected chi connectivity index (χ1v) is 4.97. The molecule has 0 radical (unpaired) electrons. The highest BCUT2D eigenvalue weighted by atomic mass is 35.5. The maximum Gasteiger partial charge on any atom is 0.0804 e. The SMILES string of the molecule is CCCC(O)c1cccc(C)c1Cl. The molecule has 13 heavy (non-hydrogen) atoms. The third-order valence-electron chi connectivity index (χ3n) is 2.14. The Balaban J connectivity index is 2.93. The van der Waals surface area contributed by atoms with Gasteiger partial charge >= 0.3 is 0 Å². The molecule has 1 nitrogen and oxygen atoms in total. The molecule has 1 aromatic rings. The number of halogens is 1. The van der Waals surface area contributed by atoms with Gasteiger partial charge in [0.05, 0.1) is 6.10 Å². The zero-order chi connectivity index (χ0) is 9.84. The first-order chi connectivity index (χ1) is 6.16. The average molecular weight is 199 g/mol. The summed E-state index contributed by atoms with van der Waals surface area (Å²) in [6, 6.07) is 5.76. The van der Waals surface area contributed by atoms with E-state index in [-0.39, 0.29) is 0 Å². The smallest absolute Gasteiger partial charge is 0.0804 e. The molecule has 0 aliphatic rings. The number of hydrogen-bond acceptors (Lipinski definition) is 1. The fourth-order valence-electron chi connectivity index (χ4n) is 1.36. The lowest BCUT2D eigenvalue weighted by atomic mass is 10.0. The van der Waals surface area contributed by atoms with E-state index < -0.39 is 6.10 Å². The maximum absolute atomic E-state index is 9.74. The summed E-state index contributed by atoms with van der Waals surface area (Å²) in [5.74, 6) is 0. The molecule has 1 atom stereocenters. The van der Waals surface area contributed by atoms with Crippen LogP contribution in [0.5, 0.6) is 0 Å². The van der Waals surface area contributed by atoms with Crippen LogP contribution >= 0.6 is 11.6 Å². The molecule has 0 aliphatic heterocycles. The Morgan fingerprint density at radius 3 is 2.77 bits per heavy atom. The fraction of sp³-hybridized carbons (Fsp3) is 0.455. The normalized spacial score (nSPS) is 12.9. The van der Waals surface area contributed by atoms with Gasteiger partial charge in [0.25, 0.3) is 0 Å². The summed E-state index contributed by atoms with van der Waals surface area (Å²) in [7, 11) is 0. The third kappa shape index (κ3) is 2.45. The predicted octanol–water partition coefficient (Wildman–Crippen LogP) is 3.48. The molecule has 72 valence electrons. The quantitative estimate of drug-likeness (QED) is 0.789. The van der Waals surface area contributed by atoms with Crippen molar-refractivity contribution in [2.45, 2.75) is 32.8 Å². The van der Waals surface area contributed by atoms with Crippen molar-refractivity contribution in [1.82, 2.24) is 0 Å². The molecular formula is C11H15ClO. The Hall–Kier alpha value is -0.530. The number of hydrogen-bond donors (Lipinski definition) is 1. The second-order valence-electron chi connectivity index (χ2n) is 3.28. The molecule has 0 bridgehead atoms. The van der Waals surface area contributed by atoms with Gasteiger partial charge < -0.3 is 5.11 Å². The summed E-state index contributed by atoms with van der Waals surface area (Å²) in [4.78, 5) is 0. The third-order valence-corrected chi connectivity index (χ3v) is 2.66. The lowest BCUT2D eigenvalue weighted by Gasteiger charge is -2.12. The molecule has 0 saturated carbocycles. The van der Waals surface area contributed by atoms with E-state index in [0.717, 1.165) is 24.0 Å². The molecule has 0 heterocycles. The minimum absolute atomic E-state index is 0.419. The van der Waals surface area contributed by atoms with Crippen LogP contribution in [0, 0.1) is 6.92 Å². The molecule has 0 amide bonds. The Bertz CT molecular complexity index is 283.